The van der Waals surface area contributed by atoms with Gasteiger partial charge in [-0.1, -0.05) is 25.1 Å². The highest BCUT2D eigenvalue weighted by molar-refractivity contribution is 6.03. The molecular weight excluding hydrogens is 264 g/mol. The van der Waals surface area contributed by atoms with E-state index in [0.29, 0.717) is 5.69 Å². The quantitative estimate of drug-likeness (QED) is 0.858. The summed E-state index contributed by atoms with van der Waals surface area (Å²) in [5, 5.41) is 10.4. The summed E-state index contributed by atoms with van der Waals surface area (Å²) in [6.45, 7) is 5.19. The van der Waals surface area contributed by atoms with Crippen LogP contribution in [0.5, 0.6) is 0 Å². The molecule has 1 heterocycles. The summed E-state index contributed by atoms with van der Waals surface area (Å²) in [4.78, 5) is 12.3. The molecule has 1 amide bonds. The summed E-state index contributed by atoms with van der Waals surface area (Å²) >= 11 is 0. The molecule has 1 aromatic carbocycles. The van der Waals surface area contributed by atoms with Crippen LogP contribution in [0, 0.1) is 0 Å². The first-order valence-electron chi connectivity index (χ1n) is 7.25. The zero-order chi connectivity index (χ0) is 15.2. The number of benzene rings is 1. The van der Waals surface area contributed by atoms with E-state index in [2.05, 4.69) is 29.6 Å². The topological polar surface area (TPSA) is 58.9 Å². The molecular formula is C16H22N4O. The van der Waals surface area contributed by atoms with Gasteiger partial charge in [-0.2, -0.15) is 5.10 Å². The summed E-state index contributed by atoms with van der Waals surface area (Å²) in [5.41, 5.74) is 2.46. The third-order valence-corrected chi connectivity index (χ3v) is 3.43. The van der Waals surface area contributed by atoms with Crippen LogP contribution in [-0.4, -0.2) is 22.2 Å². The predicted octanol–water partition coefficient (Wildman–Crippen LogP) is 2.73. The second-order valence-electron chi connectivity index (χ2n) is 5.06. The minimum atomic E-state index is -0.148. The lowest BCUT2D eigenvalue weighted by molar-refractivity contribution is 0.101. The maximum absolute atomic E-state index is 12.3. The number of para-hydroxylation sites is 1. The average Bonchev–Trinajstić information content (AvgIpc) is 2.91. The van der Waals surface area contributed by atoms with Crippen molar-refractivity contribution in [1.29, 1.82) is 0 Å². The number of rotatable bonds is 6. The van der Waals surface area contributed by atoms with Crippen LogP contribution >= 0.6 is 0 Å². The smallest absolute Gasteiger partial charge is 0.273 e. The molecule has 0 saturated carbocycles. The van der Waals surface area contributed by atoms with Crippen molar-refractivity contribution in [2.24, 2.45) is 7.05 Å². The minimum Gasteiger partial charge on any atom is -0.320 e. The second kappa shape index (κ2) is 7.04. The molecule has 0 bridgehead atoms. The van der Waals surface area contributed by atoms with Gasteiger partial charge < -0.3 is 10.6 Å². The van der Waals surface area contributed by atoms with Crippen LogP contribution in [0.4, 0.5) is 5.69 Å². The summed E-state index contributed by atoms with van der Waals surface area (Å²) in [5.74, 6) is -0.148. The first kappa shape index (κ1) is 15.3. The van der Waals surface area contributed by atoms with Crippen molar-refractivity contribution in [1.82, 2.24) is 15.1 Å². The van der Waals surface area contributed by atoms with E-state index >= 15 is 0 Å². The normalized spacial score (nSPS) is 12.1. The van der Waals surface area contributed by atoms with Crippen LogP contribution < -0.4 is 10.6 Å². The van der Waals surface area contributed by atoms with Gasteiger partial charge in [-0.15, -0.1) is 0 Å². The Morgan fingerprint density at radius 3 is 2.76 bits per heavy atom. The fourth-order valence-corrected chi connectivity index (χ4v) is 2.24. The summed E-state index contributed by atoms with van der Waals surface area (Å²) in [6.07, 6.45) is 2.69. The lowest BCUT2D eigenvalue weighted by atomic mass is 10.1. The molecule has 1 unspecified atom stereocenters. The molecule has 2 N–H and O–H groups in total. The molecule has 2 aromatic rings. The number of aryl methyl sites for hydroxylation is 1. The molecule has 21 heavy (non-hydrogen) atoms. The third-order valence-electron chi connectivity index (χ3n) is 3.43. The number of nitrogens with one attached hydrogen (secondary N) is 2. The highest BCUT2D eigenvalue weighted by atomic mass is 16.2. The van der Waals surface area contributed by atoms with Crippen molar-refractivity contribution < 1.29 is 4.79 Å². The Morgan fingerprint density at radius 1 is 1.33 bits per heavy atom. The van der Waals surface area contributed by atoms with Crippen molar-refractivity contribution in [3.8, 4) is 0 Å². The summed E-state index contributed by atoms with van der Waals surface area (Å²) in [6, 6.07) is 9.76. The van der Waals surface area contributed by atoms with Gasteiger partial charge in [0.15, 0.2) is 0 Å². The molecule has 5 nitrogen and oxygen atoms in total. The lowest BCUT2D eigenvalue weighted by Crippen LogP contribution is -2.22. The highest BCUT2D eigenvalue weighted by Crippen LogP contribution is 2.23. The second-order valence-corrected chi connectivity index (χ2v) is 5.06. The first-order valence-corrected chi connectivity index (χ1v) is 7.25. The third kappa shape index (κ3) is 3.70. The van der Waals surface area contributed by atoms with Gasteiger partial charge in [-0.25, -0.2) is 0 Å². The van der Waals surface area contributed by atoms with Gasteiger partial charge in [0, 0.05) is 25.0 Å². The Kier molecular flexibility index (Phi) is 5.11. The number of carbonyl (C=O) groups is 1. The maximum atomic E-state index is 12.3. The predicted molar refractivity (Wildman–Crippen MR) is 84.3 cm³/mol. The average molecular weight is 286 g/mol. The van der Waals surface area contributed by atoms with Gasteiger partial charge in [-0.3, -0.25) is 9.48 Å². The Morgan fingerprint density at radius 2 is 2.10 bits per heavy atom. The van der Waals surface area contributed by atoms with E-state index in [1.807, 2.05) is 24.3 Å². The van der Waals surface area contributed by atoms with E-state index < -0.39 is 0 Å². The fourth-order valence-electron chi connectivity index (χ4n) is 2.24. The number of anilines is 1. The van der Waals surface area contributed by atoms with Gasteiger partial charge >= 0.3 is 0 Å². The lowest BCUT2D eigenvalue weighted by Gasteiger charge is -2.18. The van der Waals surface area contributed by atoms with Gasteiger partial charge in [0.2, 0.25) is 0 Å². The number of amides is 1. The van der Waals surface area contributed by atoms with E-state index in [0.717, 1.165) is 24.2 Å². The van der Waals surface area contributed by atoms with E-state index in [-0.39, 0.29) is 11.9 Å². The number of hydrogen-bond donors (Lipinski definition) is 2. The Labute approximate surface area is 125 Å². The van der Waals surface area contributed by atoms with Gasteiger partial charge in [0.1, 0.15) is 5.69 Å². The molecule has 0 saturated heterocycles. The van der Waals surface area contributed by atoms with Crippen LogP contribution in [0.15, 0.2) is 36.5 Å². The largest absolute Gasteiger partial charge is 0.320 e. The molecule has 5 heteroatoms. The monoisotopic (exact) mass is 286 g/mol. The Hall–Kier alpha value is -2.14. The molecule has 0 aliphatic heterocycles. The Bertz CT molecular complexity index is 606. The van der Waals surface area contributed by atoms with Gasteiger partial charge in [0.25, 0.3) is 5.91 Å². The number of nitrogens with zero attached hydrogens (tertiary/aromatic N) is 2. The molecule has 0 fully saturated rings. The molecule has 1 atom stereocenters. The van der Waals surface area contributed by atoms with Crippen LogP contribution in [0.25, 0.3) is 0 Å². The summed E-state index contributed by atoms with van der Waals surface area (Å²) < 4.78 is 1.57. The molecule has 2 rings (SSSR count). The van der Waals surface area contributed by atoms with Crippen LogP contribution in [-0.2, 0) is 7.05 Å². The molecule has 0 aliphatic rings. The number of carbonyl (C=O) groups excluding carboxylic acids is 1. The van der Waals surface area contributed by atoms with Crippen molar-refractivity contribution in [3.05, 3.63) is 47.8 Å². The van der Waals surface area contributed by atoms with Crippen molar-refractivity contribution in [2.45, 2.75) is 26.3 Å². The van der Waals surface area contributed by atoms with Crippen LogP contribution in [0.2, 0.25) is 0 Å². The van der Waals surface area contributed by atoms with Crippen LogP contribution in [0.3, 0.4) is 0 Å². The zero-order valence-electron chi connectivity index (χ0n) is 12.8. The zero-order valence-corrected chi connectivity index (χ0v) is 12.8. The van der Waals surface area contributed by atoms with E-state index in [9.17, 15) is 4.79 Å². The Balaban J connectivity index is 2.17. The number of aromatic nitrogens is 2. The van der Waals surface area contributed by atoms with E-state index in [4.69, 9.17) is 0 Å². The molecule has 112 valence electrons. The highest BCUT2D eigenvalue weighted by Gasteiger charge is 2.14. The standard InChI is InChI=1S/C16H22N4O/c1-4-10-17-12(2)13-7-5-6-8-14(13)19-16(21)15-9-11-18-20(15)3/h5-9,11-12,17H,4,10H2,1-3H3,(H,19,21). The van der Waals surface area contributed by atoms with Crippen LogP contribution in [0.1, 0.15) is 42.4 Å². The van der Waals surface area contributed by atoms with E-state index in [1.54, 1.807) is 24.0 Å². The molecule has 1 aromatic heterocycles. The summed E-state index contributed by atoms with van der Waals surface area (Å²) in [7, 11) is 1.76. The van der Waals surface area contributed by atoms with E-state index in [1.165, 1.54) is 0 Å². The maximum Gasteiger partial charge on any atom is 0.273 e. The minimum absolute atomic E-state index is 0.148. The SMILES string of the molecule is CCCNC(C)c1ccccc1NC(=O)c1ccnn1C. The first-order chi connectivity index (χ1) is 10.1. The van der Waals surface area contributed by atoms with Gasteiger partial charge in [-0.05, 0) is 37.6 Å². The molecule has 0 radical (unpaired) electrons. The molecule has 0 aliphatic carbocycles. The van der Waals surface area contributed by atoms with Gasteiger partial charge in [0.05, 0.1) is 0 Å². The number of hydrogen-bond acceptors (Lipinski definition) is 3. The molecule has 0 spiro atoms. The van der Waals surface area contributed by atoms with Crippen molar-refractivity contribution in [2.75, 3.05) is 11.9 Å². The fraction of sp³-hybridized carbons (Fsp3) is 0.375. The van der Waals surface area contributed by atoms with Crippen molar-refractivity contribution in [3.63, 3.8) is 0 Å². The van der Waals surface area contributed by atoms with Crippen molar-refractivity contribution >= 4 is 11.6 Å².